The third kappa shape index (κ3) is 4.41. The van der Waals surface area contributed by atoms with Gasteiger partial charge in [-0.05, 0) is 42.0 Å². The third-order valence-electron chi connectivity index (χ3n) is 6.99. The molecular formula is C27H28O5. The molecule has 0 unspecified atom stereocenters. The van der Waals surface area contributed by atoms with E-state index in [0.29, 0.717) is 31.1 Å². The molecule has 1 aliphatic heterocycles. The van der Waals surface area contributed by atoms with Crippen molar-refractivity contribution in [2.24, 2.45) is 17.8 Å². The van der Waals surface area contributed by atoms with Crippen LogP contribution in [0, 0.1) is 17.8 Å². The highest BCUT2D eigenvalue weighted by atomic mass is 16.7. The Morgan fingerprint density at radius 3 is 2.38 bits per heavy atom. The number of ether oxygens (including phenoxy) is 3. The lowest BCUT2D eigenvalue weighted by Gasteiger charge is -2.26. The number of fused-ring (bicyclic) bond motifs is 1. The van der Waals surface area contributed by atoms with Crippen LogP contribution in [0.4, 0.5) is 0 Å². The van der Waals surface area contributed by atoms with E-state index in [0.717, 1.165) is 24.8 Å². The molecule has 2 saturated carbocycles. The van der Waals surface area contributed by atoms with Crippen LogP contribution in [0.5, 0.6) is 0 Å². The Morgan fingerprint density at radius 2 is 1.66 bits per heavy atom. The zero-order valence-corrected chi connectivity index (χ0v) is 18.0. The minimum atomic E-state index is -0.496. The van der Waals surface area contributed by atoms with E-state index in [9.17, 15) is 9.59 Å². The predicted octanol–water partition coefficient (Wildman–Crippen LogP) is 4.37. The standard InChI is InChI=1S/C27H28O5/c28-22(15-19-7-3-1-4-8-19)11-12-23-24-18-27(30-13-14-31-27)17-21(24)16-25(23)32-26(29)20-9-5-2-6-10-20/h1-12,21,23-25H,13-18H2/b12-11+/t21-,23-,24+,25-/m1/s1. The van der Waals surface area contributed by atoms with E-state index in [1.54, 1.807) is 18.2 Å². The summed E-state index contributed by atoms with van der Waals surface area (Å²) < 4.78 is 17.9. The Labute approximate surface area is 188 Å². The highest BCUT2D eigenvalue weighted by molar-refractivity contribution is 5.91. The van der Waals surface area contributed by atoms with Crippen LogP contribution < -0.4 is 0 Å². The van der Waals surface area contributed by atoms with Crippen molar-refractivity contribution >= 4 is 11.8 Å². The van der Waals surface area contributed by atoms with Crippen molar-refractivity contribution in [1.82, 2.24) is 0 Å². The van der Waals surface area contributed by atoms with Gasteiger partial charge in [0.05, 0.1) is 18.8 Å². The Bertz CT molecular complexity index is 978. The van der Waals surface area contributed by atoms with Gasteiger partial charge in [0.25, 0.3) is 0 Å². The van der Waals surface area contributed by atoms with Gasteiger partial charge in [-0.1, -0.05) is 54.6 Å². The summed E-state index contributed by atoms with van der Waals surface area (Å²) in [6.45, 7) is 1.25. The van der Waals surface area contributed by atoms with Crippen LogP contribution in [-0.4, -0.2) is 36.9 Å². The normalized spacial score (nSPS) is 28.2. The van der Waals surface area contributed by atoms with Crippen molar-refractivity contribution in [2.45, 2.75) is 37.6 Å². The second kappa shape index (κ2) is 9.00. The number of rotatable bonds is 6. The average Bonchev–Trinajstić information content (AvgIpc) is 3.49. The van der Waals surface area contributed by atoms with Crippen LogP contribution in [0.25, 0.3) is 0 Å². The van der Waals surface area contributed by atoms with E-state index in [4.69, 9.17) is 14.2 Å². The molecule has 32 heavy (non-hydrogen) atoms. The minimum Gasteiger partial charge on any atom is -0.458 e. The molecule has 0 aromatic heterocycles. The smallest absolute Gasteiger partial charge is 0.338 e. The molecule has 1 spiro atoms. The molecule has 3 aliphatic rings. The van der Waals surface area contributed by atoms with Crippen LogP contribution in [0.3, 0.4) is 0 Å². The molecule has 0 N–H and O–H groups in total. The van der Waals surface area contributed by atoms with Gasteiger partial charge in [0.2, 0.25) is 0 Å². The maximum atomic E-state index is 12.7. The first-order valence-electron chi connectivity index (χ1n) is 11.4. The fraction of sp³-hybridized carbons (Fsp3) is 0.407. The maximum absolute atomic E-state index is 12.7. The number of esters is 1. The molecule has 5 rings (SSSR count). The lowest BCUT2D eigenvalue weighted by molar-refractivity contribution is -0.157. The molecule has 5 heteroatoms. The van der Waals surface area contributed by atoms with Gasteiger partial charge in [-0.25, -0.2) is 4.79 Å². The number of benzene rings is 2. The van der Waals surface area contributed by atoms with Gasteiger partial charge >= 0.3 is 5.97 Å². The predicted molar refractivity (Wildman–Crippen MR) is 119 cm³/mol. The molecule has 5 nitrogen and oxygen atoms in total. The molecule has 1 saturated heterocycles. The van der Waals surface area contributed by atoms with Crippen LogP contribution in [0.15, 0.2) is 72.8 Å². The van der Waals surface area contributed by atoms with Gasteiger partial charge in [-0.15, -0.1) is 0 Å². The van der Waals surface area contributed by atoms with E-state index in [-0.39, 0.29) is 29.7 Å². The zero-order valence-electron chi connectivity index (χ0n) is 18.0. The molecular weight excluding hydrogens is 404 g/mol. The maximum Gasteiger partial charge on any atom is 0.338 e. The second-order valence-electron chi connectivity index (χ2n) is 9.05. The number of carbonyl (C=O) groups is 2. The second-order valence-corrected chi connectivity index (χ2v) is 9.05. The highest BCUT2D eigenvalue weighted by Crippen LogP contribution is 2.55. The zero-order chi connectivity index (χ0) is 22.0. The SMILES string of the molecule is O=C(/C=C/[C@@H]1[C@H]2CC3(C[C@H]2C[C@H]1OC(=O)c1ccccc1)OCCO3)Cc1ccccc1. The number of hydrogen-bond acceptors (Lipinski definition) is 5. The Balaban J connectivity index is 1.32. The van der Waals surface area contributed by atoms with E-state index in [2.05, 4.69) is 0 Å². The largest absolute Gasteiger partial charge is 0.458 e. The molecule has 0 amide bonds. The monoisotopic (exact) mass is 432 g/mol. The number of allylic oxidation sites excluding steroid dienone is 1. The lowest BCUT2D eigenvalue weighted by atomic mass is 9.90. The first-order valence-corrected chi connectivity index (χ1v) is 11.4. The van der Waals surface area contributed by atoms with E-state index in [1.807, 2.05) is 54.6 Å². The first kappa shape index (κ1) is 21.1. The molecule has 0 bridgehead atoms. The van der Waals surface area contributed by atoms with Crippen LogP contribution >= 0.6 is 0 Å². The highest BCUT2D eigenvalue weighted by Gasteiger charge is 2.57. The van der Waals surface area contributed by atoms with Gasteiger partial charge in [-0.3, -0.25) is 4.79 Å². The van der Waals surface area contributed by atoms with Crippen molar-refractivity contribution in [2.75, 3.05) is 13.2 Å². The number of hydrogen-bond donors (Lipinski definition) is 0. The number of ketones is 1. The van der Waals surface area contributed by atoms with Crippen molar-refractivity contribution < 1.29 is 23.8 Å². The minimum absolute atomic E-state index is 0.0282. The van der Waals surface area contributed by atoms with Gasteiger partial charge in [0.15, 0.2) is 11.6 Å². The quantitative estimate of drug-likeness (QED) is 0.501. The Kier molecular flexibility index (Phi) is 5.94. The number of carbonyl (C=O) groups excluding carboxylic acids is 2. The summed E-state index contributed by atoms with van der Waals surface area (Å²) in [5, 5.41) is 0. The van der Waals surface area contributed by atoms with E-state index < -0.39 is 5.79 Å². The molecule has 1 heterocycles. The van der Waals surface area contributed by atoms with E-state index >= 15 is 0 Å². The topological polar surface area (TPSA) is 61.8 Å². The molecule has 166 valence electrons. The van der Waals surface area contributed by atoms with Gasteiger partial charge in [0.1, 0.15) is 6.10 Å². The summed E-state index contributed by atoms with van der Waals surface area (Å²) in [5.74, 6) is -0.173. The first-order chi connectivity index (χ1) is 15.6. The average molecular weight is 433 g/mol. The summed E-state index contributed by atoms with van der Waals surface area (Å²) in [5.41, 5.74) is 1.54. The molecule has 4 atom stereocenters. The van der Waals surface area contributed by atoms with Crippen LogP contribution in [0.2, 0.25) is 0 Å². The molecule has 2 aliphatic carbocycles. The van der Waals surface area contributed by atoms with Crippen molar-refractivity contribution in [3.05, 3.63) is 83.9 Å². The van der Waals surface area contributed by atoms with Crippen molar-refractivity contribution in [1.29, 1.82) is 0 Å². The summed E-state index contributed by atoms with van der Waals surface area (Å²) in [7, 11) is 0. The lowest BCUT2D eigenvalue weighted by Crippen LogP contribution is -2.31. The van der Waals surface area contributed by atoms with Gasteiger partial charge in [0, 0.05) is 25.2 Å². The Morgan fingerprint density at radius 1 is 0.969 bits per heavy atom. The molecule has 0 radical (unpaired) electrons. The molecule has 2 aromatic carbocycles. The van der Waals surface area contributed by atoms with Crippen LogP contribution in [-0.2, 0) is 25.4 Å². The molecule has 2 aromatic rings. The molecule has 3 fully saturated rings. The van der Waals surface area contributed by atoms with Gasteiger partial charge < -0.3 is 14.2 Å². The Hall–Kier alpha value is -2.76. The fourth-order valence-corrected chi connectivity index (χ4v) is 5.58. The summed E-state index contributed by atoms with van der Waals surface area (Å²) in [6, 6.07) is 18.8. The summed E-state index contributed by atoms with van der Waals surface area (Å²) >= 11 is 0. The fourth-order valence-electron chi connectivity index (χ4n) is 5.58. The van der Waals surface area contributed by atoms with Crippen molar-refractivity contribution in [3.63, 3.8) is 0 Å². The third-order valence-corrected chi connectivity index (χ3v) is 6.99. The summed E-state index contributed by atoms with van der Waals surface area (Å²) in [6.07, 6.45) is 6.11. The van der Waals surface area contributed by atoms with E-state index in [1.165, 1.54) is 0 Å². The van der Waals surface area contributed by atoms with Crippen molar-refractivity contribution in [3.8, 4) is 0 Å². The van der Waals surface area contributed by atoms with Crippen LogP contribution in [0.1, 0.15) is 35.2 Å². The summed E-state index contributed by atoms with van der Waals surface area (Å²) in [4.78, 5) is 25.3. The van der Waals surface area contributed by atoms with Gasteiger partial charge in [-0.2, -0.15) is 0 Å².